The third kappa shape index (κ3) is 2.65. The van der Waals surface area contributed by atoms with Gasteiger partial charge in [-0.3, -0.25) is 4.79 Å². The number of hydrogen-bond acceptors (Lipinski definition) is 2. The van der Waals surface area contributed by atoms with Crippen LogP contribution < -0.4 is 10.6 Å². The minimum absolute atomic E-state index is 0.123. The van der Waals surface area contributed by atoms with Crippen LogP contribution in [0.2, 0.25) is 0 Å². The van der Waals surface area contributed by atoms with Crippen LogP contribution in [0.4, 0.5) is 0 Å². The Kier molecular flexibility index (Phi) is 4.08. The fraction of sp³-hybridized carbons (Fsp3) is 0.929. The van der Waals surface area contributed by atoms with E-state index in [1.165, 1.54) is 19.3 Å². The molecule has 2 rings (SSSR count). The zero-order valence-electron chi connectivity index (χ0n) is 11.2. The molecule has 2 aliphatic rings. The Morgan fingerprint density at radius 2 is 2.29 bits per heavy atom. The zero-order chi connectivity index (χ0) is 12.3. The van der Waals surface area contributed by atoms with Gasteiger partial charge in [0.1, 0.15) is 0 Å². The summed E-state index contributed by atoms with van der Waals surface area (Å²) in [5, 5.41) is 6.53. The number of nitrogens with one attached hydrogen (secondary N) is 2. The largest absolute Gasteiger partial charge is 0.355 e. The summed E-state index contributed by atoms with van der Waals surface area (Å²) in [6.45, 7) is 7.18. The molecule has 1 saturated carbocycles. The van der Waals surface area contributed by atoms with E-state index in [9.17, 15) is 4.79 Å². The maximum absolute atomic E-state index is 12.3. The fourth-order valence-electron chi connectivity index (χ4n) is 3.34. The summed E-state index contributed by atoms with van der Waals surface area (Å²) in [7, 11) is 0. The van der Waals surface area contributed by atoms with E-state index in [4.69, 9.17) is 0 Å². The normalized spacial score (nSPS) is 37.3. The molecule has 1 aliphatic carbocycles. The molecule has 0 aromatic carbocycles. The lowest BCUT2D eigenvalue weighted by molar-refractivity contribution is -0.130. The lowest BCUT2D eigenvalue weighted by atomic mass is 9.83. The Morgan fingerprint density at radius 3 is 2.82 bits per heavy atom. The van der Waals surface area contributed by atoms with E-state index in [-0.39, 0.29) is 11.3 Å². The van der Waals surface area contributed by atoms with Crippen molar-refractivity contribution >= 4 is 5.91 Å². The maximum atomic E-state index is 12.3. The molecule has 0 spiro atoms. The van der Waals surface area contributed by atoms with Crippen LogP contribution in [0.5, 0.6) is 0 Å². The summed E-state index contributed by atoms with van der Waals surface area (Å²) in [5.41, 5.74) is -0.123. The second-order valence-corrected chi connectivity index (χ2v) is 5.94. The van der Waals surface area contributed by atoms with Gasteiger partial charge in [0, 0.05) is 13.1 Å². The zero-order valence-corrected chi connectivity index (χ0v) is 11.2. The molecule has 1 aliphatic heterocycles. The summed E-state index contributed by atoms with van der Waals surface area (Å²) < 4.78 is 0. The summed E-state index contributed by atoms with van der Waals surface area (Å²) in [6.07, 6.45) is 5.91. The average molecular weight is 238 g/mol. The van der Waals surface area contributed by atoms with Crippen LogP contribution in [0.3, 0.4) is 0 Å². The molecule has 3 unspecified atom stereocenters. The van der Waals surface area contributed by atoms with Crippen LogP contribution in [0.1, 0.15) is 46.0 Å². The first-order valence-corrected chi connectivity index (χ1v) is 7.17. The molecule has 0 aromatic rings. The van der Waals surface area contributed by atoms with Gasteiger partial charge >= 0.3 is 0 Å². The van der Waals surface area contributed by atoms with Gasteiger partial charge in [0.2, 0.25) is 5.91 Å². The van der Waals surface area contributed by atoms with Crippen molar-refractivity contribution in [3.63, 3.8) is 0 Å². The van der Waals surface area contributed by atoms with Crippen molar-refractivity contribution in [2.75, 3.05) is 19.6 Å². The standard InChI is InChI=1S/C14H26N2O/c1-3-14(7-8-15-10-14)13(17)16-9-12-6-4-5-11(12)2/h11-12,15H,3-10H2,1-2H3,(H,16,17). The maximum Gasteiger partial charge on any atom is 0.227 e. The van der Waals surface area contributed by atoms with Gasteiger partial charge in [0.25, 0.3) is 0 Å². The average Bonchev–Trinajstić information content (AvgIpc) is 2.95. The quantitative estimate of drug-likeness (QED) is 0.786. The highest BCUT2D eigenvalue weighted by Crippen LogP contribution is 2.32. The molecule has 1 amide bonds. The molecule has 0 radical (unpaired) electrons. The predicted molar refractivity (Wildman–Crippen MR) is 69.7 cm³/mol. The number of amides is 1. The van der Waals surface area contributed by atoms with E-state index in [0.717, 1.165) is 38.4 Å². The van der Waals surface area contributed by atoms with Crippen molar-refractivity contribution in [3.8, 4) is 0 Å². The first-order valence-electron chi connectivity index (χ1n) is 7.17. The number of carbonyl (C=O) groups is 1. The molecule has 17 heavy (non-hydrogen) atoms. The molecular formula is C14H26N2O. The van der Waals surface area contributed by atoms with Gasteiger partial charge in [-0.05, 0) is 37.6 Å². The molecule has 0 bridgehead atoms. The van der Waals surface area contributed by atoms with E-state index in [2.05, 4.69) is 24.5 Å². The smallest absolute Gasteiger partial charge is 0.227 e. The summed E-state index contributed by atoms with van der Waals surface area (Å²) in [5.74, 6) is 1.78. The minimum atomic E-state index is -0.123. The SMILES string of the molecule is CCC1(C(=O)NCC2CCCC2C)CCNC1. The molecule has 3 atom stereocenters. The fourth-order valence-corrected chi connectivity index (χ4v) is 3.34. The van der Waals surface area contributed by atoms with Gasteiger partial charge in [-0.1, -0.05) is 26.7 Å². The van der Waals surface area contributed by atoms with Crippen LogP contribution in [0.15, 0.2) is 0 Å². The highest BCUT2D eigenvalue weighted by molar-refractivity contribution is 5.83. The van der Waals surface area contributed by atoms with Crippen molar-refractivity contribution in [3.05, 3.63) is 0 Å². The molecule has 1 heterocycles. The van der Waals surface area contributed by atoms with E-state index >= 15 is 0 Å². The van der Waals surface area contributed by atoms with Crippen molar-refractivity contribution in [1.29, 1.82) is 0 Å². The summed E-state index contributed by atoms with van der Waals surface area (Å²) in [6, 6.07) is 0. The molecular weight excluding hydrogens is 212 g/mol. The molecule has 0 aromatic heterocycles. The van der Waals surface area contributed by atoms with Gasteiger partial charge < -0.3 is 10.6 Å². The number of rotatable bonds is 4. The number of hydrogen-bond donors (Lipinski definition) is 2. The second-order valence-electron chi connectivity index (χ2n) is 5.94. The van der Waals surface area contributed by atoms with Gasteiger partial charge in [-0.15, -0.1) is 0 Å². The third-order valence-electron chi connectivity index (χ3n) is 4.97. The lowest BCUT2D eigenvalue weighted by Gasteiger charge is -2.26. The van der Waals surface area contributed by atoms with Crippen LogP contribution in [0, 0.1) is 17.3 Å². The lowest BCUT2D eigenvalue weighted by Crippen LogP contribution is -2.44. The minimum Gasteiger partial charge on any atom is -0.355 e. The first kappa shape index (κ1) is 12.9. The summed E-state index contributed by atoms with van der Waals surface area (Å²) in [4.78, 5) is 12.3. The van der Waals surface area contributed by atoms with Crippen molar-refractivity contribution in [2.24, 2.45) is 17.3 Å². The highest BCUT2D eigenvalue weighted by atomic mass is 16.2. The molecule has 2 N–H and O–H groups in total. The molecule has 1 saturated heterocycles. The second kappa shape index (κ2) is 5.38. The topological polar surface area (TPSA) is 41.1 Å². The molecule has 3 nitrogen and oxygen atoms in total. The predicted octanol–water partition coefficient (Wildman–Crippen LogP) is 1.93. The van der Waals surface area contributed by atoms with Gasteiger partial charge in [0.15, 0.2) is 0 Å². The van der Waals surface area contributed by atoms with E-state index in [1.807, 2.05) is 0 Å². The van der Waals surface area contributed by atoms with Gasteiger partial charge in [-0.2, -0.15) is 0 Å². The first-order chi connectivity index (χ1) is 8.18. The Balaban J connectivity index is 1.84. The molecule has 2 fully saturated rings. The van der Waals surface area contributed by atoms with E-state index < -0.39 is 0 Å². The highest BCUT2D eigenvalue weighted by Gasteiger charge is 2.39. The number of carbonyl (C=O) groups excluding carboxylic acids is 1. The van der Waals surface area contributed by atoms with Crippen molar-refractivity contribution in [1.82, 2.24) is 10.6 Å². The van der Waals surface area contributed by atoms with Gasteiger partial charge in [0.05, 0.1) is 5.41 Å². The van der Waals surface area contributed by atoms with E-state index in [0.29, 0.717) is 5.92 Å². The monoisotopic (exact) mass is 238 g/mol. The van der Waals surface area contributed by atoms with Crippen LogP contribution >= 0.6 is 0 Å². The Bertz CT molecular complexity index is 271. The van der Waals surface area contributed by atoms with Crippen LogP contribution in [0.25, 0.3) is 0 Å². The Hall–Kier alpha value is -0.570. The molecule has 3 heteroatoms. The Labute approximate surface area is 105 Å². The van der Waals surface area contributed by atoms with Crippen molar-refractivity contribution < 1.29 is 4.79 Å². The van der Waals surface area contributed by atoms with Crippen molar-refractivity contribution in [2.45, 2.75) is 46.0 Å². The molecule has 98 valence electrons. The van der Waals surface area contributed by atoms with E-state index in [1.54, 1.807) is 0 Å². The summed E-state index contributed by atoms with van der Waals surface area (Å²) >= 11 is 0. The van der Waals surface area contributed by atoms with Crippen LogP contribution in [-0.2, 0) is 4.79 Å². The van der Waals surface area contributed by atoms with Gasteiger partial charge in [-0.25, -0.2) is 0 Å². The third-order valence-corrected chi connectivity index (χ3v) is 4.97. The van der Waals surface area contributed by atoms with Crippen LogP contribution in [-0.4, -0.2) is 25.5 Å². The Morgan fingerprint density at radius 1 is 1.47 bits per heavy atom.